The maximum atomic E-state index is 12.4. The molecule has 0 aromatic carbocycles. The van der Waals surface area contributed by atoms with Gasteiger partial charge in [-0.15, -0.1) is 11.3 Å². The molecule has 2 aromatic rings. The van der Waals surface area contributed by atoms with Crippen LogP contribution < -0.4 is 0 Å². The van der Waals surface area contributed by atoms with Gasteiger partial charge in [0.1, 0.15) is 11.6 Å². The average molecular weight is 336 g/mol. The Bertz CT molecular complexity index is 607. The predicted molar refractivity (Wildman–Crippen MR) is 74.5 cm³/mol. The largest absolute Gasteiger partial charge is 0.456 e. The van der Waals surface area contributed by atoms with Crippen molar-refractivity contribution in [3.05, 3.63) is 45.2 Å². The number of rotatable bonds is 5. The number of hydrogen-bond donors (Lipinski definition) is 0. The highest BCUT2D eigenvalue weighted by Gasteiger charge is 2.18. The molecule has 0 bridgehead atoms. The number of alkyl halides is 2. The molecule has 2 aromatic heterocycles. The summed E-state index contributed by atoms with van der Waals surface area (Å²) in [7, 11) is 0. The first-order valence-electron chi connectivity index (χ1n) is 5.37. The smallest absolute Gasteiger partial charge is 0.341 e. The van der Waals surface area contributed by atoms with E-state index in [4.69, 9.17) is 16.3 Å². The van der Waals surface area contributed by atoms with Crippen molar-refractivity contribution in [3.63, 3.8) is 0 Å². The molecule has 0 aliphatic rings. The van der Waals surface area contributed by atoms with E-state index in [9.17, 15) is 13.6 Å². The van der Waals surface area contributed by atoms with Crippen molar-refractivity contribution in [1.29, 1.82) is 0 Å². The zero-order chi connectivity index (χ0) is 14.5. The van der Waals surface area contributed by atoms with E-state index in [-0.39, 0.29) is 29.0 Å². The first kappa shape index (κ1) is 15.2. The minimum absolute atomic E-state index is 0.0282. The summed E-state index contributed by atoms with van der Waals surface area (Å²) < 4.78 is 30.4. The predicted octanol–water partition coefficient (Wildman–Crippen LogP) is 4.47. The molecule has 0 fully saturated rings. The highest BCUT2D eigenvalue weighted by molar-refractivity contribution is 7.99. The highest BCUT2D eigenvalue weighted by Crippen LogP contribution is 2.27. The Morgan fingerprint density at radius 2 is 2.25 bits per heavy atom. The van der Waals surface area contributed by atoms with Crippen molar-refractivity contribution in [2.75, 3.05) is 0 Å². The lowest BCUT2D eigenvalue weighted by atomic mass is 10.3. The van der Waals surface area contributed by atoms with Gasteiger partial charge in [-0.2, -0.15) is 8.78 Å². The van der Waals surface area contributed by atoms with Gasteiger partial charge < -0.3 is 4.74 Å². The Labute approximate surface area is 126 Å². The molecule has 2 heterocycles. The maximum absolute atomic E-state index is 12.4. The molecule has 0 aliphatic carbocycles. The van der Waals surface area contributed by atoms with Crippen LogP contribution in [0, 0.1) is 0 Å². The van der Waals surface area contributed by atoms with Gasteiger partial charge in [-0.1, -0.05) is 11.6 Å². The molecule has 0 aliphatic heterocycles. The van der Waals surface area contributed by atoms with Crippen LogP contribution in [0.15, 0.2) is 35.5 Å². The summed E-state index contributed by atoms with van der Waals surface area (Å²) in [5, 5.41) is -0.0447. The zero-order valence-electron chi connectivity index (χ0n) is 9.89. The fourth-order valence-electron chi connectivity index (χ4n) is 1.37. The van der Waals surface area contributed by atoms with Gasteiger partial charge in [0, 0.05) is 11.1 Å². The molecule has 8 heteroatoms. The summed E-state index contributed by atoms with van der Waals surface area (Å²) >= 11 is 7.26. The molecule has 3 nitrogen and oxygen atoms in total. The van der Waals surface area contributed by atoms with Crippen molar-refractivity contribution in [2.45, 2.75) is 17.4 Å². The molecule has 0 saturated heterocycles. The van der Waals surface area contributed by atoms with Gasteiger partial charge >= 0.3 is 5.97 Å². The minimum atomic E-state index is -2.65. The van der Waals surface area contributed by atoms with Gasteiger partial charge in [-0.05, 0) is 36.0 Å². The number of hydrogen-bond acceptors (Lipinski definition) is 5. The lowest BCUT2D eigenvalue weighted by molar-refractivity contribution is 0.0471. The van der Waals surface area contributed by atoms with E-state index in [0.29, 0.717) is 4.34 Å². The van der Waals surface area contributed by atoms with E-state index in [1.807, 2.05) is 0 Å². The van der Waals surface area contributed by atoms with E-state index >= 15 is 0 Å². The third-order valence-electron chi connectivity index (χ3n) is 2.17. The topological polar surface area (TPSA) is 39.2 Å². The Morgan fingerprint density at radius 1 is 1.45 bits per heavy atom. The number of ether oxygens (including phenoxy) is 1. The molecule has 0 saturated carbocycles. The minimum Gasteiger partial charge on any atom is -0.456 e. The van der Waals surface area contributed by atoms with Crippen molar-refractivity contribution in [2.24, 2.45) is 0 Å². The molecule has 0 unspecified atom stereocenters. The Kier molecular flexibility index (Phi) is 5.33. The number of carbonyl (C=O) groups is 1. The fraction of sp³-hybridized carbons (Fsp3) is 0.167. The summed E-state index contributed by atoms with van der Waals surface area (Å²) in [6.07, 6.45) is 1.35. The van der Waals surface area contributed by atoms with Gasteiger partial charge in [0.05, 0.1) is 9.90 Å². The van der Waals surface area contributed by atoms with Gasteiger partial charge in [-0.25, -0.2) is 9.78 Å². The molecule has 0 atom stereocenters. The normalized spacial score (nSPS) is 10.8. The molecule has 0 amide bonds. The average Bonchev–Trinajstić information content (AvgIpc) is 2.82. The molecule has 20 heavy (non-hydrogen) atoms. The second kappa shape index (κ2) is 7.01. The Hall–Kier alpha value is -1.18. The standard InChI is InChI=1S/C12H8ClF2NO2S2/c13-9-4-3-7(19-9)6-18-11(17)8-2-1-5-16-10(8)20-12(14)15/h1-5,12H,6H2. The first-order chi connectivity index (χ1) is 9.56. The molecule has 2 rings (SSSR count). The molecule has 0 N–H and O–H groups in total. The number of carbonyl (C=O) groups excluding carboxylic acids is 1. The molecule has 106 valence electrons. The number of thiophene rings is 1. The van der Waals surface area contributed by atoms with Crippen LogP contribution in [0.5, 0.6) is 0 Å². The molecule has 0 radical (unpaired) electrons. The van der Waals surface area contributed by atoms with Crippen LogP contribution >= 0.6 is 34.7 Å². The van der Waals surface area contributed by atoms with Crippen LogP contribution in [0.1, 0.15) is 15.2 Å². The second-order valence-electron chi connectivity index (χ2n) is 3.52. The van der Waals surface area contributed by atoms with Crippen molar-refractivity contribution < 1.29 is 18.3 Å². The van der Waals surface area contributed by atoms with Crippen LogP contribution in [0.3, 0.4) is 0 Å². The van der Waals surface area contributed by atoms with E-state index in [1.54, 1.807) is 12.1 Å². The van der Waals surface area contributed by atoms with Crippen LogP contribution in [-0.2, 0) is 11.3 Å². The first-order valence-corrected chi connectivity index (χ1v) is 7.45. The van der Waals surface area contributed by atoms with Crippen molar-refractivity contribution in [3.8, 4) is 0 Å². The Morgan fingerprint density at radius 3 is 2.90 bits per heavy atom. The van der Waals surface area contributed by atoms with E-state index in [2.05, 4.69) is 4.98 Å². The van der Waals surface area contributed by atoms with Crippen molar-refractivity contribution in [1.82, 2.24) is 4.98 Å². The molecule has 0 spiro atoms. The van der Waals surface area contributed by atoms with Gasteiger partial charge in [0.25, 0.3) is 5.76 Å². The van der Waals surface area contributed by atoms with Crippen LogP contribution in [0.25, 0.3) is 0 Å². The maximum Gasteiger partial charge on any atom is 0.341 e. The second-order valence-corrected chi connectivity index (χ2v) is 6.29. The SMILES string of the molecule is O=C(OCc1ccc(Cl)s1)c1cccnc1SC(F)F. The highest BCUT2D eigenvalue weighted by atomic mass is 35.5. The third kappa shape index (κ3) is 4.16. The number of esters is 1. The lowest BCUT2D eigenvalue weighted by Gasteiger charge is -2.07. The monoisotopic (exact) mass is 335 g/mol. The number of thioether (sulfide) groups is 1. The number of nitrogens with zero attached hydrogens (tertiary/aromatic N) is 1. The summed E-state index contributed by atoms with van der Waals surface area (Å²) in [4.78, 5) is 16.4. The number of halogens is 3. The number of aromatic nitrogens is 1. The number of pyridine rings is 1. The zero-order valence-corrected chi connectivity index (χ0v) is 12.3. The van der Waals surface area contributed by atoms with Gasteiger partial charge in [0.2, 0.25) is 0 Å². The van der Waals surface area contributed by atoms with Crippen molar-refractivity contribution >= 4 is 40.7 Å². The summed E-state index contributed by atoms with van der Waals surface area (Å²) in [5.74, 6) is -3.33. The van der Waals surface area contributed by atoms with E-state index < -0.39 is 11.7 Å². The van der Waals surface area contributed by atoms with Gasteiger partial charge in [-0.3, -0.25) is 0 Å². The van der Waals surface area contributed by atoms with Gasteiger partial charge in [0.15, 0.2) is 0 Å². The van der Waals surface area contributed by atoms with E-state index in [1.165, 1.54) is 29.7 Å². The Balaban J connectivity index is 2.05. The van der Waals surface area contributed by atoms with E-state index in [0.717, 1.165) is 4.88 Å². The fourth-order valence-corrected chi connectivity index (χ4v) is 2.94. The quantitative estimate of drug-likeness (QED) is 0.597. The third-order valence-corrected chi connectivity index (χ3v) is 4.10. The summed E-state index contributed by atoms with van der Waals surface area (Å²) in [6, 6.07) is 6.32. The summed E-state index contributed by atoms with van der Waals surface area (Å²) in [5.41, 5.74) is 0.0282. The van der Waals surface area contributed by atoms with Crippen LogP contribution in [0.2, 0.25) is 4.34 Å². The van der Waals surface area contributed by atoms with Crippen LogP contribution in [0.4, 0.5) is 8.78 Å². The lowest BCUT2D eigenvalue weighted by Crippen LogP contribution is -2.07. The molecular weight excluding hydrogens is 328 g/mol. The molecular formula is C12H8ClF2NO2S2. The van der Waals surface area contributed by atoms with Crippen LogP contribution in [-0.4, -0.2) is 16.7 Å². The summed E-state index contributed by atoms with van der Waals surface area (Å²) in [6.45, 7) is 0.0455.